The largest absolute Gasteiger partial charge is 0.481 e. The summed E-state index contributed by atoms with van der Waals surface area (Å²) in [6.07, 6.45) is 3.34. The fraction of sp³-hybridized carbons (Fsp3) is 0.636. The number of hydrogen-bond acceptors (Lipinski definition) is 2. The van der Waals surface area contributed by atoms with E-state index < -0.39 is 5.97 Å². The van der Waals surface area contributed by atoms with Gasteiger partial charge in [0.25, 0.3) is 0 Å². The molecule has 3 N–H and O–H groups in total. The zero-order valence-electron chi connectivity index (χ0n) is 9.88. The van der Waals surface area contributed by atoms with E-state index in [-0.39, 0.29) is 12.5 Å². The normalized spacial score (nSPS) is 9.38. The fourth-order valence-corrected chi connectivity index (χ4v) is 1.01. The quantitative estimate of drug-likeness (QED) is 0.456. The highest BCUT2D eigenvalue weighted by atomic mass is 16.4. The Labute approximate surface area is 95.9 Å². The summed E-state index contributed by atoms with van der Waals surface area (Å²) in [7, 11) is 0. The van der Waals surface area contributed by atoms with Gasteiger partial charge in [-0.15, -0.1) is 0 Å². The lowest BCUT2D eigenvalue weighted by molar-refractivity contribution is -0.137. The molecule has 5 heteroatoms. The van der Waals surface area contributed by atoms with Crippen molar-refractivity contribution < 1.29 is 14.7 Å². The molecular formula is C11H20N2O3. The first-order chi connectivity index (χ1) is 7.52. The van der Waals surface area contributed by atoms with Gasteiger partial charge in [-0.1, -0.05) is 11.6 Å². The number of unbranched alkanes of at least 4 members (excludes halogenated alkanes) is 1. The van der Waals surface area contributed by atoms with E-state index in [0.29, 0.717) is 25.9 Å². The Bertz CT molecular complexity index is 258. The summed E-state index contributed by atoms with van der Waals surface area (Å²) in [4.78, 5) is 21.3. The van der Waals surface area contributed by atoms with Crippen LogP contribution in [-0.2, 0) is 4.79 Å². The molecule has 0 unspecified atom stereocenters. The number of rotatable bonds is 7. The van der Waals surface area contributed by atoms with Crippen LogP contribution < -0.4 is 10.6 Å². The topological polar surface area (TPSA) is 78.4 Å². The van der Waals surface area contributed by atoms with Crippen molar-refractivity contribution in [3.8, 4) is 0 Å². The van der Waals surface area contributed by atoms with Crippen LogP contribution in [0.2, 0.25) is 0 Å². The smallest absolute Gasteiger partial charge is 0.315 e. The van der Waals surface area contributed by atoms with E-state index >= 15 is 0 Å². The number of amides is 2. The maximum atomic E-state index is 11.2. The molecule has 0 aliphatic heterocycles. The van der Waals surface area contributed by atoms with Gasteiger partial charge in [-0.3, -0.25) is 4.79 Å². The molecule has 16 heavy (non-hydrogen) atoms. The van der Waals surface area contributed by atoms with Crippen molar-refractivity contribution in [2.24, 2.45) is 0 Å². The standard InChI is InChI=1S/C11H20N2O3/c1-9(2)6-8-13-11(16)12-7-4-3-5-10(14)15/h6H,3-5,7-8H2,1-2H3,(H,14,15)(H2,12,13,16). The molecule has 0 fully saturated rings. The predicted octanol–water partition coefficient (Wildman–Crippen LogP) is 1.51. The van der Waals surface area contributed by atoms with Gasteiger partial charge in [-0.05, 0) is 26.7 Å². The molecule has 0 radical (unpaired) electrons. The summed E-state index contributed by atoms with van der Waals surface area (Å²) in [5.41, 5.74) is 1.15. The average molecular weight is 228 g/mol. The molecule has 0 aromatic carbocycles. The van der Waals surface area contributed by atoms with Crippen LogP contribution in [0.1, 0.15) is 33.1 Å². The summed E-state index contributed by atoms with van der Waals surface area (Å²) in [6.45, 7) is 4.95. The summed E-state index contributed by atoms with van der Waals surface area (Å²) < 4.78 is 0. The maximum absolute atomic E-state index is 11.2. The number of carbonyl (C=O) groups is 2. The van der Waals surface area contributed by atoms with Gasteiger partial charge in [0.2, 0.25) is 0 Å². The fourth-order valence-electron chi connectivity index (χ4n) is 1.01. The third-order valence-electron chi connectivity index (χ3n) is 1.88. The van der Waals surface area contributed by atoms with Crippen LogP contribution in [0.5, 0.6) is 0 Å². The van der Waals surface area contributed by atoms with E-state index in [4.69, 9.17) is 5.11 Å². The van der Waals surface area contributed by atoms with Crippen molar-refractivity contribution in [1.82, 2.24) is 10.6 Å². The van der Waals surface area contributed by atoms with Gasteiger partial charge in [-0.2, -0.15) is 0 Å². The number of allylic oxidation sites excluding steroid dienone is 1. The second kappa shape index (κ2) is 8.76. The Balaban J connectivity index is 3.37. The minimum atomic E-state index is -0.798. The molecule has 0 atom stereocenters. The van der Waals surface area contributed by atoms with Gasteiger partial charge in [0.05, 0.1) is 0 Å². The van der Waals surface area contributed by atoms with Crippen LogP contribution in [0, 0.1) is 0 Å². The Morgan fingerprint density at radius 3 is 2.44 bits per heavy atom. The Kier molecular flexibility index (Phi) is 7.93. The van der Waals surface area contributed by atoms with Crippen LogP contribution in [0.25, 0.3) is 0 Å². The molecule has 92 valence electrons. The van der Waals surface area contributed by atoms with Crippen molar-refractivity contribution in [3.63, 3.8) is 0 Å². The Morgan fingerprint density at radius 1 is 1.19 bits per heavy atom. The average Bonchev–Trinajstić information content (AvgIpc) is 2.16. The third-order valence-corrected chi connectivity index (χ3v) is 1.88. The first-order valence-electron chi connectivity index (χ1n) is 5.39. The number of carbonyl (C=O) groups excluding carboxylic acids is 1. The molecule has 0 aliphatic carbocycles. The van der Waals surface area contributed by atoms with Crippen LogP contribution in [0.15, 0.2) is 11.6 Å². The highest BCUT2D eigenvalue weighted by molar-refractivity contribution is 5.73. The van der Waals surface area contributed by atoms with Gasteiger partial charge in [-0.25, -0.2) is 4.79 Å². The molecule has 5 nitrogen and oxygen atoms in total. The molecule has 0 heterocycles. The summed E-state index contributed by atoms with van der Waals surface area (Å²) in [5, 5.41) is 13.7. The van der Waals surface area contributed by atoms with Gasteiger partial charge in [0, 0.05) is 19.5 Å². The zero-order chi connectivity index (χ0) is 12.4. The molecule has 0 aromatic rings. The lowest BCUT2D eigenvalue weighted by Gasteiger charge is -2.05. The monoisotopic (exact) mass is 228 g/mol. The molecule has 0 saturated heterocycles. The Morgan fingerprint density at radius 2 is 1.88 bits per heavy atom. The van der Waals surface area contributed by atoms with Crippen LogP contribution in [-0.4, -0.2) is 30.2 Å². The van der Waals surface area contributed by atoms with Crippen molar-refractivity contribution in [2.45, 2.75) is 33.1 Å². The molecule has 0 spiro atoms. The zero-order valence-corrected chi connectivity index (χ0v) is 9.88. The number of carboxylic acid groups (broad SMARTS) is 1. The second-order valence-electron chi connectivity index (χ2n) is 3.77. The van der Waals surface area contributed by atoms with E-state index in [1.165, 1.54) is 0 Å². The number of nitrogens with one attached hydrogen (secondary N) is 2. The van der Waals surface area contributed by atoms with Crippen molar-refractivity contribution in [3.05, 3.63) is 11.6 Å². The minimum Gasteiger partial charge on any atom is -0.481 e. The first kappa shape index (κ1) is 14.5. The van der Waals surface area contributed by atoms with Gasteiger partial charge in [0.15, 0.2) is 0 Å². The van der Waals surface area contributed by atoms with Crippen LogP contribution >= 0.6 is 0 Å². The number of hydrogen-bond donors (Lipinski definition) is 3. The maximum Gasteiger partial charge on any atom is 0.315 e. The number of aliphatic carboxylic acids is 1. The molecule has 0 aliphatic rings. The molecule has 0 saturated carbocycles. The summed E-state index contributed by atoms with van der Waals surface area (Å²) in [5.74, 6) is -0.798. The summed E-state index contributed by atoms with van der Waals surface area (Å²) in [6, 6.07) is -0.215. The summed E-state index contributed by atoms with van der Waals surface area (Å²) >= 11 is 0. The first-order valence-corrected chi connectivity index (χ1v) is 5.39. The van der Waals surface area contributed by atoms with Gasteiger partial charge in [0.1, 0.15) is 0 Å². The van der Waals surface area contributed by atoms with Crippen molar-refractivity contribution in [1.29, 1.82) is 0 Å². The molecular weight excluding hydrogens is 208 g/mol. The van der Waals surface area contributed by atoms with Crippen LogP contribution in [0.4, 0.5) is 4.79 Å². The Hall–Kier alpha value is -1.52. The van der Waals surface area contributed by atoms with Crippen molar-refractivity contribution >= 4 is 12.0 Å². The van der Waals surface area contributed by atoms with E-state index in [1.54, 1.807) is 0 Å². The highest BCUT2D eigenvalue weighted by Crippen LogP contribution is 1.93. The molecule has 0 aromatic heterocycles. The molecule has 2 amide bonds. The highest BCUT2D eigenvalue weighted by Gasteiger charge is 1.99. The number of carboxylic acids is 1. The van der Waals surface area contributed by atoms with E-state index in [9.17, 15) is 9.59 Å². The molecule has 0 bridgehead atoms. The molecule has 0 rings (SSSR count). The lowest BCUT2D eigenvalue weighted by atomic mass is 10.2. The second-order valence-corrected chi connectivity index (χ2v) is 3.77. The number of urea groups is 1. The van der Waals surface area contributed by atoms with Gasteiger partial charge < -0.3 is 15.7 Å². The van der Waals surface area contributed by atoms with E-state index in [2.05, 4.69) is 10.6 Å². The van der Waals surface area contributed by atoms with E-state index in [0.717, 1.165) is 5.57 Å². The SMILES string of the molecule is CC(C)=CCNC(=O)NCCCCC(=O)O. The van der Waals surface area contributed by atoms with Crippen molar-refractivity contribution in [2.75, 3.05) is 13.1 Å². The van der Waals surface area contributed by atoms with Crippen LogP contribution in [0.3, 0.4) is 0 Å². The minimum absolute atomic E-state index is 0.154. The van der Waals surface area contributed by atoms with Gasteiger partial charge >= 0.3 is 12.0 Å². The predicted molar refractivity (Wildman–Crippen MR) is 62.3 cm³/mol. The third kappa shape index (κ3) is 10.6. The lowest BCUT2D eigenvalue weighted by Crippen LogP contribution is -2.36. The van der Waals surface area contributed by atoms with E-state index in [1.807, 2.05) is 19.9 Å².